The number of nitrogens with zero attached hydrogens (tertiary/aromatic N) is 3. The molecule has 0 radical (unpaired) electrons. The van der Waals surface area contributed by atoms with Crippen LogP contribution in [0.15, 0.2) is 36.5 Å². The lowest BCUT2D eigenvalue weighted by molar-refractivity contribution is -0.118. The molecule has 1 aromatic carbocycles. The Morgan fingerprint density at radius 3 is 2.84 bits per heavy atom. The lowest BCUT2D eigenvalue weighted by Gasteiger charge is -2.41. The first-order valence-electron chi connectivity index (χ1n) is 13.1. The number of fused-ring (bicyclic) bond motifs is 4. The van der Waals surface area contributed by atoms with Crippen LogP contribution in [0.25, 0.3) is 10.9 Å². The number of ether oxygens (including phenoxy) is 3. The van der Waals surface area contributed by atoms with Gasteiger partial charge in [-0.3, -0.25) is 9.78 Å². The Morgan fingerprint density at radius 2 is 2.00 bits per heavy atom. The molecule has 4 heterocycles. The fourth-order valence-corrected chi connectivity index (χ4v) is 5.64. The molecule has 3 aliphatic rings. The Bertz CT molecular complexity index is 1300. The molecular formula is C28H33N5O4. The summed E-state index contributed by atoms with van der Waals surface area (Å²) in [5.74, 6) is 3.28. The van der Waals surface area contributed by atoms with E-state index in [2.05, 4.69) is 38.5 Å². The Morgan fingerprint density at radius 1 is 1.14 bits per heavy atom. The number of hydrogen-bond acceptors (Lipinski definition) is 8. The van der Waals surface area contributed by atoms with E-state index in [1.54, 1.807) is 7.11 Å². The van der Waals surface area contributed by atoms with Crippen LogP contribution >= 0.6 is 0 Å². The largest absolute Gasteiger partial charge is 0.497 e. The van der Waals surface area contributed by atoms with Gasteiger partial charge in [-0.1, -0.05) is 0 Å². The fraction of sp³-hybridized carbons (Fsp3) is 0.464. The molecule has 1 amide bonds. The number of nitrogens with one attached hydrogen (secondary N) is 2. The van der Waals surface area contributed by atoms with Gasteiger partial charge in [0.25, 0.3) is 5.91 Å². The summed E-state index contributed by atoms with van der Waals surface area (Å²) < 4.78 is 17.0. The highest BCUT2D eigenvalue weighted by Crippen LogP contribution is 2.41. The van der Waals surface area contributed by atoms with Gasteiger partial charge in [0.1, 0.15) is 12.4 Å². The van der Waals surface area contributed by atoms with Gasteiger partial charge in [0, 0.05) is 24.5 Å². The summed E-state index contributed by atoms with van der Waals surface area (Å²) in [5.41, 5.74) is 3.00. The van der Waals surface area contributed by atoms with Gasteiger partial charge in [-0.05, 0) is 68.9 Å². The number of pyridine rings is 2. The zero-order chi connectivity index (χ0) is 25.4. The molecule has 37 heavy (non-hydrogen) atoms. The van der Waals surface area contributed by atoms with Gasteiger partial charge >= 0.3 is 0 Å². The van der Waals surface area contributed by atoms with Crippen molar-refractivity contribution in [2.24, 2.45) is 5.92 Å². The van der Waals surface area contributed by atoms with E-state index in [1.807, 2.05) is 30.5 Å². The number of hydrogen-bond donors (Lipinski definition) is 2. The average Bonchev–Trinajstić information content (AvgIpc) is 2.93. The van der Waals surface area contributed by atoms with Crippen molar-refractivity contribution < 1.29 is 19.0 Å². The predicted octanol–water partition coefficient (Wildman–Crippen LogP) is 3.91. The first kappa shape index (κ1) is 23.8. The van der Waals surface area contributed by atoms with E-state index in [1.165, 1.54) is 12.8 Å². The number of rotatable bonds is 6. The molecule has 6 rings (SSSR count). The van der Waals surface area contributed by atoms with Crippen molar-refractivity contribution in [1.82, 2.24) is 15.3 Å². The molecule has 1 fully saturated rings. The summed E-state index contributed by atoms with van der Waals surface area (Å²) in [7, 11) is 1.70. The van der Waals surface area contributed by atoms with E-state index in [-0.39, 0.29) is 12.5 Å². The number of carbonyl (C=O) groups is 1. The Hall–Kier alpha value is -3.59. The Kier molecular flexibility index (Phi) is 6.46. The normalized spacial score (nSPS) is 22.9. The smallest absolute Gasteiger partial charge is 0.263 e. The minimum atomic E-state index is -0.163. The van der Waals surface area contributed by atoms with Gasteiger partial charge in [0.2, 0.25) is 0 Å². The average molecular weight is 504 g/mol. The second-order valence-electron chi connectivity index (χ2n) is 10.3. The number of amides is 1. The van der Waals surface area contributed by atoms with Crippen molar-refractivity contribution in [3.05, 3.63) is 42.2 Å². The molecule has 2 aliphatic heterocycles. The van der Waals surface area contributed by atoms with Gasteiger partial charge in [0.05, 0.1) is 36.2 Å². The molecule has 1 aliphatic carbocycles. The highest BCUT2D eigenvalue weighted by Gasteiger charge is 2.31. The molecule has 2 N–H and O–H groups in total. The van der Waals surface area contributed by atoms with Crippen LogP contribution in [-0.2, 0) is 11.3 Å². The first-order chi connectivity index (χ1) is 18.1. The van der Waals surface area contributed by atoms with Crippen LogP contribution in [0, 0.1) is 5.92 Å². The number of benzene rings is 1. The maximum absolute atomic E-state index is 11.6. The topological polar surface area (TPSA) is 97.8 Å². The summed E-state index contributed by atoms with van der Waals surface area (Å²) in [4.78, 5) is 23.3. The van der Waals surface area contributed by atoms with Gasteiger partial charge in [-0.25, -0.2) is 4.98 Å². The van der Waals surface area contributed by atoms with Crippen LogP contribution in [0.5, 0.6) is 17.2 Å². The first-order valence-corrected chi connectivity index (χ1v) is 13.1. The third-order valence-corrected chi connectivity index (χ3v) is 7.72. The molecular weight excluding hydrogens is 470 g/mol. The molecule has 1 atom stereocenters. The number of carbonyl (C=O) groups excluding carboxylic acids is 1. The minimum Gasteiger partial charge on any atom is -0.497 e. The zero-order valence-corrected chi connectivity index (χ0v) is 21.3. The maximum Gasteiger partial charge on any atom is 0.263 e. The van der Waals surface area contributed by atoms with E-state index in [9.17, 15) is 4.79 Å². The van der Waals surface area contributed by atoms with E-state index in [0.717, 1.165) is 53.2 Å². The lowest BCUT2D eigenvalue weighted by Crippen LogP contribution is -2.45. The van der Waals surface area contributed by atoms with Crippen molar-refractivity contribution in [3.8, 4) is 17.2 Å². The minimum absolute atomic E-state index is 0.0473. The van der Waals surface area contributed by atoms with Crippen LogP contribution in [0.3, 0.4) is 0 Å². The van der Waals surface area contributed by atoms with Gasteiger partial charge in [0.15, 0.2) is 23.9 Å². The highest BCUT2D eigenvalue weighted by molar-refractivity contribution is 5.96. The molecule has 0 saturated heterocycles. The van der Waals surface area contributed by atoms with Crippen LogP contribution in [0.1, 0.15) is 38.3 Å². The van der Waals surface area contributed by atoms with Crippen molar-refractivity contribution >= 4 is 28.3 Å². The molecule has 0 spiro atoms. The highest BCUT2D eigenvalue weighted by atomic mass is 16.5. The van der Waals surface area contributed by atoms with E-state index in [0.29, 0.717) is 42.7 Å². The van der Waals surface area contributed by atoms with Crippen molar-refractivity contribution in [2.45, 2.75) is 51.2 Å². The maximum atomic E-state index is 11.6. The number of methoxy groups -OCH3 is 1. The number of aromatic nitrogens is 2. The standard InChI is InChI=1S/C28H33N5O4/c1-17-15-36-25-13-30-23-9-8-21(35-2)11-22(23)27(25)33(17)14-18-3-5-19(6-4-18)29-12-20-7-10-24-28(31-20)32-26(34)16-37-24/h7-11,13,17-19,29H,3-6,12,14-16H2,1-2H3,(H,31,32,34). The lowest BCUT2D eigenvalue weighted by atomic mass is 9.85. The van der Waals surface area contributed by atoms with Crippen LogP contribution in [-0.4, -0.2) is 54.8 Å². The molecule has 3 aromatic rings. The van der Waals surface area contributed by atoms with E-state index < -0.39 is 0 Å². The predicted molar refractivity (Wildman–Crippen MR) is 142 cm³/mol. The molecule has 1 saturated carbocycles. The summed E-state index contributed by atoms with van der Waals surface area (Å²) in [6, 6.07) is 10.6. The zero-order valence-electron chi connectivity index (χ0n) is 21.3. The molecule has 194 valence electrons. The molecule has 0 bridgehead atoms. The van der Waals surface area contributed by atoms with Crippen molar-refractivity contribution in [3.63, 3.8) is 0 Å². The van der Waals surface area contributed by atoms with Crippen molar-refractivity contribution in [2.75, 3.05) is 37.1 Å². The molecule has 9 heteroatoms. The molecule has 9 nitrogen and oxygen atoms in total. The van der Waals surface area contributed by atoms with E-state index >= 15 is 0 Å². The molecule has 1 unspecified atom stereocenters. The Balaban J connectivity index is 1.09. The van der Waals surface area contributed by atoms with Crippen molar-refractivity contribution in [1.29, 1.82) is 0 Å². The van der Waals surface area contributed by atoms with Crippen LogP contribution < -0.4 is 29.7 Å². The van der Waals surface area contributed by atoms with Gasteiger partial charge in [-0.2, -0.15) is 0 Å². The van der Waals surface area contributed by atoms with Crippen LogP contribution in [0.4, 0.5) is 11.5 Å². The summed E-state index contributed by atoms with van der Waals surface area (Å²) in [6.45, 7) is 4.63. The van der Waals surface area contributed by atoms with Gasteiger partial charge in [-0.15, -0.1) is 0 Å². The molecule has 2 aromatic heterocycles. The van der Waals surface area contributed by atoms with Crippen LogP contribution in [0.2, 0.25) is 0 Å². The summed E-state index contributed by atoms with van der Waals surface area (Å²) in [6.07, 6.45) is 6.46. The third-order valence-electron chi connectivity index (χ3n) is 7.72. The fourth-order valence-electron chi connectivity index (χ4n) is 5.64. The summed E-state index contributed by atoms with van der Waals surface area (Å²) in [5, 5.41) is 7.53. The monoisotopic (exact) mass is 503 g/mol. The number of anilines is 2. The quantitative estimate of drug-likeness (QED) is 0.523. The van der Waals surface area contributed by atoms with Gasteiger partial charge < -0.3 is 29.7 Å². The third kappa shape index (κ3) is 4.87. The summed E-state index contributed by atoms with van der Waals surface area (Å²) >= 11 is 0. The second-order valence-corrected chi connectivity index (χ2v) is 10.3. The second kappa shape index (κ2) is 10.0. The van der Waals surface area contributed by atoms with E-state index in [4.69, 9.17) is 14.2 Å². The Labute approximate surface area is 216 Å². The SMILES string of the molecule is COc1ccc2ncc3c(c2c1)N(CC1CCC(NCc2ccc4c(n2)NC(=O)CO4)CC1)C(C)CO3.